The Morgan fingerprint density at radius 1 is 1.50 bits per heavy atom. The quantitative estimate of drug-likeness (QED) is 0.356. The van der Waals surface area contributed by atoms with Crippen molar-refractivity contribution in [2.24, 2.45) is 0 Å². The van der Waals surface area contributed by atoms with Crippen LogP contribution in [-0.2, 0) is 46.7 Å². The molecular formula is C6H12ClCuNO3SZn. The van der Waals surface area contributed by atoms with Crippen molar-refractivity contribution < 1.29 is 49.5 Å². The van der Waals surface area contributed by atoms with Crippen LogP contribution in [0.25, 0.3) is 0 Å². The van der Waals surface area contributed by atoms with E-state index < -0.39 is 10.1 Å². The first-order chi connectivity index (χ1) is 5.41. The average Bonchev–Trinajstić information content (AvgIpc) is 1.90. The minimum absolute atomic E-state index is 0. The van der Waals surface area contributed by atoms with E-state index in [4.69, 9.17) is 28.0 Å². The van der Waals surface area contributed by atoms with Crippen molar-refractivity contribution >= 4 is 21.7 Å². The molecule has 8 heteroatoms. The zero-order valence-electron chi connectivity index (χ0n) is 7.83. The summed E-state index contributed by atoms with van der Waals surface area (Å²) in [5.41, 5.74) is 0. The number of nitrogens with zero attached hydrogens (tertiary/aromatic N) is 1. The van der Waals surface area contributed by atoms with Gasteiger partial charge in [0.15, 0.2) is 0 Å². The maximum absolute atomic E-state index is 9.19. The van der Waals surface area contributed by atoms with E-state index in [9.17, 15) is 8.42 Å². The summed E-state index contributed by atoms with van der Waals surface area (Å²) in [6, 6.07) is 0. The van der Waals surface area contributed by atoms with E-state index in [1.165, 1.54) is 0 Å². The van der Waals surface area contributed by atoms with Gasteiger partial charge in [0.1, 0.15) is 0 Å². The standard InChI is InChI=1S/C4H8Cl.CN.CH4O3S.Cu.Zn/c1-2-3-4-5;1-2;1-5(2,3)4;;/h1-4H2;;1H3,(H,2,3,4);;/q2*-1;;+2;. The zero-order valence-corrected chi connectivity index (χ0v) is 13.3. The van der Waals surface area contributed by atoms with Gasteiger partial charge in [0.2, 0.25) is 0 Å². The van der Waals surface area contributed by atoms with Crippen LogP contribution >= 0.6 is 11.6 Å². The van der Waals surface area contributed by atoms with Gasteiger partial charge in [0.25, 0.3) is 10.1 Å². The predicted octanol–water partition coefficient (Wildman–Crippen LogP) is 1.43. The van der Waals surface area contributed by atoms with Gasteiger partial charge in [-0.05, 0) is 0 Å². The largest absolute Gasteiger partial charge is 2.00 e. The number of rotatable bonds is 2. The van der Waals surface area contributed by atoms with E-state index in [0.717, 1.165) is 18.7 Å². The second-order valence-corrected chi connectivity index (χ2v) is 3.47. The van der Waals surface area contributed by atoms with Crippen LogP contribution in [0.3, 0.4) is 0 Å². The molecule has 14 heavy (non-hydrogen) atoms. The molecule has 0 amide bonds. The molecule has 1 N–H and O–H groups in total. The summed E-state index contributed by atoms with van der Waals surface area (Å²) in [4.78, 5) is 0. The zero-order chi connectivity index (χ0) is 10.6. The minimum Gasteiger partial charge on any atom is -0.512 e. The molecule has 1 radical (unpaired) electrons. The molecule has 0 rings (SSSR count). The first-order valence-electron chi connectivity index (χ1n) is 2.92. The number of halogens is 1. The third-order valence-electron chi connectivity index (χ3n) is 0.384. The molecule has 0 fully saturated rings. The maximum atomic E-state index is 9.19. The van der Waals surface area contributed by atoms with E-state index >= 15 is 0 Å². The molecule has 0 aliphatic rings. The average molecular weight is 343 g/mol. The van der Waals surface area contributed by atoms with E-state index in [1.807, 2.05) is 0 Å². The van der Waals surface area contributed by atoms with Crippen LogP contribution in [0.15, 0.2) is 0 Å². The molecule has 0 aliphatic heterocycles. The second-order valence-electron chi connectivity index (χ2n) is 1.63. The molecule has 0 saturated heterocycles. The third kappa shape index (κ3) is 224. The number of alkyl halides is 1. The summed E-state index contributed by atoms with van der Waals surface area (Å²) in [6.45, 7) is 8.34. The number of hydrogen-bond donors (Lipinski definition) is 1. The Bertz CT molecular complexity index is 177. The van der Waals surface area contributed by atoms with Crippen molar-refractivity contribution in [2.75, 3.05) is 12.1 Å². The first-order valence-corrected chi connectivity index (χ1v) is 5.30. The van der Waals surface area contributed by atoms with Crippen LogP contribution in [0.4, 0.5) is 0 Å². The maximum Gasteiger partial charge on any atom is 2.00 e. The normalized spacial score (nSPS) is 7.29. The molecule has 0 saturated carbocycles. The van der Waals surface area contributed by atoms with Gasteiger partial charge in [-0.25, -0.2) is 0 Å². The molecule has 0 unspecified atom stereocenters. The predicted molar refractivity (Wildman–Crippen MR) is 47.8 cm³/mol. The van der Waals surface area contributed by atoms with Gasteiger partial charge in [-0.15, -0.1) is 11.6 Å². The molecule has 0 heterocycles. The number of hydrogen-bond acceptors (Lipinski definition) is 3. The van der Waals surface area contributed by atoms with Crippen LogP contribution in [0.5, 0.6) is 0 Å². The first kappa shape index (κ1) is 29.4. The van der Waals surface area contributed by atoms with Crippen molar-refractivity contribution in [1.82, 2.24) is 0 Å². The van der Waals surface area contributed by atoms with Gasteiger partial charge in [-0.1, -0.05) is 6.42 Å². The van der Waals surface area contributed by atoms with Gasteiger partial charge >= 0.3 is 17.1 Å². The Labute approximate surface area is 114 Å². The summed E-state index contributed by atoms with van der Waals surface area (Å²) < 4.78 is 25.9. The number of unbranched alkanes of at least 4 members (excludes halogenated alkanes) is 1. The summed E-state index contributed by atoms with van der Waals surface area (Å²) in [5, 5.41) is 6.25. The molecule has 0 spiro atoms. The van der Waals surface area contributed by atoms with E-state index in [1.54, 1.807) is 0 Å². The smallest absolute Gasteiger partial charge is 0.512 e. The van der Waals surface area contributed by atoms with Crippen molar-refractivity contribution in [1.29, 1.82) is 5.26 Å². The molecule has 0 atom stereocenters. The molecule has 85 valence electrons. The SMILES string of the molecule is CS(=O)(=O)O.[C-]#N.[CH2-]CCCCl.[Cu+2].[Zn]. The Morgan fingerprint density at radius 2 is 1.71 bits per heavy atom. The van der Waals surface area contributed by atoms with E-state index in [2.05, 4.69) is 6.92 Å². The molecular weight excluding hydrogens is 331 g/mol. The molecule has 0 bridgehead atoms. The molecule has 0 aliphatic carbocycles. The molecule has 4 nitrogen and oxygen atoms in total. The van der Waals surface area contributed by atoms with Crippen LogP contribution < -0.4 is 0 Å². The van der Waals surface area contributed by atoms with Gasteiger partial charge in [0.05, 0.1) is 6.26 Å². The van der Waals surface area contributed by atoms with Crippen LogP contribution in [0.2, 0.25) is 0 Å². The molecule has 0 aromatic rings. The summed E-state index contributed by atoms with van der Waals surface area (Å²) >= 11 is 5.26. The van der Waals surface area contributed by atoms with Crippen LogP contribution in [-0.4, -0.2) is 25.1 Å². The van der Waals surface area contributed by atoms with E-state index in [-0.39, 0.29) is 36.5 Å². The van der Waals surface area contributed by atoms with Crippen molar-refractivity contribution in [3.63, 3.8) is 0 Å². The van der Waals surface area contributed by atoms with Gasteiger partial charge in [-0.2, -0.15) is 14.8 Å². The topological polar surface area (TPSA) is 78.2 Å². The summed E-state index contributed by atoms with van der Waals surface area (Å²) in [5.74, 6) is 0.753. The Hall–Kier alpha value is 0.833. The summed E-state index contributed by atoms with van der Waals surface area (Å²) in [6.07, 6.45) is 2.72. The van der Waals surface area contributed by atoms with Crippen LogP contribution in [0.1, 0.15) is 12.8 Å². The van der Waals surface area contributed by atoms with Crippen molar-refractivity contribution in [3.05, 3.63) is 13.5 Å². The van der Waals surface area contributed by atoms with Gasteiger partial charge in [0, 0.05) is 25.4 Å². The fourth-order valence-corrected chi connectivity index (χ4v) is 0.283. The Morgan fingerprint density at radius 3 is 1.71 bits per heavy atom. The fraction of sp³-hybridized carbons (Fsp3) is 0.667. The van der Waals surface area contributed by atoms with Crippen LogP contribution in [0, 0.1) is 18.8 Å². The monoisotopic (exact) mass is 340 g/mol. The van der Waals surface area contributed by atoms with Gasteiger partial charge < -0.3 is 18.8 Å². The molecule has 0 aromatic heterocycles. The van der Waals surface area contributed by atoms with Crippen molar-refractivity contribution in [2.45, 2.75) is 12.8 Å². The third-order valence-corrected chi connectivity index (χ3v) is 0.651. The fourth-order valence-electron chi connectivity index (χ4n) is 0.0945. The van der Waals surface area contributed by atoms with E-state index in [0.29, 0.717) is 6.26 Å². The minimum atomic E-state index is -3.67. The van der Waals surface area contributed by atoms with Crippen molar-refractivity contribution in [3.8, 4) is 0 Å². The summed E-state index contributed by atoms with van der Waals surface area (Å²) in [7, 11) is -3.67. The Balaban J connectivity index is -0.0000000292. The molecule has 0 aromatic carbocycles. The second kappa shape index (κ2) is 23.6. The van der Waals surface area contributed by atoms with Gasteiger partial charge in [-0.3, -0.25) is 4.55 Å². The Kier molecular flexibility index (Phi) is 49.4.